The summed E-state index contributed by atoms with van der Waals surface area (Å²) in [5.74, 6) is 0. The molecule has 1 aromatic rings. The standard InChI is InChI=1S/C7H8N2O2/c1-2-3-9-7(11)6(5-10)4-8-9/h2,4-5,8H,1,3H2. The van der Waals surface area contributed by atoms with Crippen molar-refractivity contribution in [3.05, 3.63) is 34.8 Å². The number of hydrogen-bond acceptors (Lipinski definition) is 2. The molecule has 0 aliphatic rings. The van der Waals surface area contributed by atoms with Crippen LogP contribution in [0, 0.1) is 0 Å². The highest BCUT2D eigenvalue weighted by Gasteiger charge is 2.01. The Morgan fingerprint density at radius 3 is 2.91 bits per heavy atom. The number of aldehydes is 1. The molecule has 0 saturated heterocycles. The average Bonchev–Trinajstić information content (AvgIpc) is 2.34. The molecule has 0 unspecified atom stereocenters. The monoisotopic (exact) mass is 152 g/mol. The predicted molar refractivity (Wildman–Crippen MR) is 40.6 cm³/mol. The fourth-order valence-corrected chi connectivity index (χ4v) is 0.773. The molecule has 0 spiro atoms. The minimum atomic E-state index is -0.306. The summed E-state index contributed by atoms with van der Waals surface area (Å²) in [7, 11) is 0. The molecule has 4 nitrogen and oxygen atoms in total. The zero-order chi connectivity index (χ0) is 8.27. The van der Waals surface area contributed by atoms with Gasteiger partial charge in [0, 0.05) is 6.20 Å². The summed E-state index contributed by atoms with van der Waals surface area (Å²) in [5, 5.41) is 2.63. The minimum absolute atomic E-state index is 0.145. The highest BCUT2D eigenvalue weighted by molar-refractivity contribution is 5.73. The van der Waals surface area contributed by atoms with Gasteiger partial charge in [-0.15, -0.1) is 6.58 Å². The molecular weight excluding hydrogens is 144 g/mol. The average molecular weight is 152 g/mol. The summed E-state index contributed by atoms with van der Waals surface area (Å²) in [6.45, 7) is 3.86. The van der Waals surface area contributed by atoms with E-state index in [4.69, 9.17) is 0 Å². The lowest BCUT2D eigenvalue weighted by molar-refractivity contribution is 0.112. The molecule has 0 radical (unpaired) electrons. The van der Waals surface area contributed by atoms with Gasteiger partial charge < -0.3 is 5.10 Å². The zero-order valence-corrected chi connectivity index (χ0v) is 5.91. The number of allylic oxidation sites excluding steroid dienone is 1. The van der Waals surface area contributed by atoms with E-state index in [0.29, 0.717) is 12.8 Å². The van der Waals surface area contributed by atoms with Gasteiger partial charge in [0.1, 0.15) is 0 Å². The van der Waals surface area contributed by atoms with Crippen molar-refractivity contribution < 1.29 is 4.79 Å². The molecular formula is C7H8N2O2. The normalized spacial score (nSPS) is 9.45. The number of carbonyl (C=O) groups is 1. The number of aromatic nitrogens is 2. The van der Waals surface area contributed by atoms with E-state index in [1.54, 1.807) is 6.08 Å². The number of nitrogens with zero attached hydrogens (tertiary/aromatic N) is 1. The second-order valence-corrected chi connectivity index (χ2v) is 2.05. The van der Waals surface area contributed by atoms with E-state index < -0.39 is 0 Å². The topological polar surface area (TPSA) is 54.9 Å². The minimum Gasteiger partial charge on any atom is -0.302 e. The number of hydrogen-bond donors (Lipinski definition) is 1. The first-order valence-corrected chi connectivity index (χ1v) is 3.14. The largest absolute Gasteiger partial charge is 0.302 e. The summed E-state index contributed by atoms with van der Waals surface area (Å²) in [4.78, 5) is 21.2. The SMILES string of the molecule is C=CCn1[nH]cc(C=O)c1=O. The molecule has 0 amide bonds. The summed E-state index contributed by atoms with van der Waals surface area (Å²) >= 11 is 0. The van der Waals surface area contributed by atoms with E-state index >= 15 is 0 Å². The van der Waals surface area contributed by atoms with E-state index in [2.05, 4.69) is 11.7 Å². The molecule has 4 heteroatoms. The van der Waals surface area contributed by atoms with Crippen LogP contribution in [0.25, 0.3) is 0 Å². The quantitative estimate of drug-likeness (QED) is 0.496. The van der Waals surface area contributed by atoms with E-state index in [1.807, 2.05) is 0 Å². The number of rotatable bonds is 3. The Kier molecular flexibility index (Phi) is 2.06. The van der Waals surface area contributed by atoms with Gasteiger partial charge in [0.05, 0.1) is 12.1 Å². The van der Waals surface area contributed by atoms with Gasteiger partial charge in [-0.25, -0.2) is 4.68 Å². The molecule has 0 saturated carbocycles. The van der Waals surface area contributed by atoms with Crippen LogP contribution in [0.5, 0.6) is 0 Å². The highest BCUT2D eigenvalue weighted by atomic mass is 16.1. The molecule has 0 aromatic carbocycles. The van der Waals surface area contributed by atoms with Crippen LogP contribution in [-0.2, 0) is 6.54 Å². The van der Waals surface area contributed by atoms with Gasteiger partial charge in [-0.05, 0) is 0 Å². The van der Waals surface area contributed by atoms with Crippen molar-refractivity contribution in [2.24, 2.45) is 0 Å². The van der Waals surface area contributed by atoms with Crippen LogP contribution in [0.2, 0.25) is 0 Å². The van der Waals surface area contributed by atoms with Crippen LogP contribution < -0.4 is 5.56 Å². The summed E-state index contributed by atoms with van der Waals surface area (Å²) in [6.07, 6.45) is 3.48. The molecule has 1 rings (SSSR count). The lowest BCUT2D eigenvalue weighted by atomic mass is 10.4. The van der Waals surface area contributed by atoms with E-state index in [-0.39, 0.29) is 11.1 Å². The lowest BCUT2D eigenvalue weighted by Gasteiger charge is -1.91. The fourth-order valence-electron chi connectivity index (χ4n) is 0.773. The van der Waals surface area contributed by atoms with Crippen LogP contribution in [-0.4, -0.2) is 16.1 Å². The highest BCUT2D eigenvalue weighted by Crippen LogP contribution is 1.83. The van der Waals surface area contributed by atoms with Gasteiger partial charge in [-0.1, -0.05) is 6.08 Å². The van der Waals surface area contributed by atoms with Crippen molar-refractivity contribution in [1.82, 2.24) is 9.78 Å². The van der Waals surface area contributed by atoms with Crippen molar-refractivity contribution in [3.63, 3.8) is 0 Å². The predicted octanol–water partition coefficient (Wildman–Crippen LogP) is 0.175. The van der Waals surface area contributed by atoms with Gasteiger partial charge in [-0.2, -0.15) is 0 Å². The Morgan fingerprint density at radius 1 is 1.73 bits per heavy atom. The third-order valence-corrected chi connectivity index (χ3v) is 1.31. The zero-order valence-electron chi connectivity index (χ0n) is 5.91. The molecule has 1 aromatic heterocycles. The van der Waals surface area contributed by atoms with E-state index in [0.717, 1.165) is 0 Å². The molecule has 1 N–H and O–H groups in total. The fraction of sp³-hybridized carbons (Fsp3) is 0.143. The molecule has 0 aliphatic carbocycles. The third kappa shape index (κ3) is 1.29. The van der Waals surface area contributed by atoms with Crippen LogP contribution in [0.3, 0.4) is 0 Å². The van der Waals surface area contributed by atoms with Crippen molar-refractivity contribution in [2.45, 2.75) is 6.54 Å². The maximum Gasteiger partial charge on any atom is 0.277 e. The van der Waals surface area contributed by atoms with E-state index in [1.165, 1.54) is 10.9 Å². The van der Waals surface area contributed by atoms with Crippen molar-refractivity contribution in [3.8, 4) is 0 Å². The first-order chi connectivity index (χ1) is 5.29. The van der Waals surface area contributed by atoms with Crippen LogP contribution >= 0.6 is 0 Å². The van der Waals surface area contributed by atoms with E-state index in [9.17, 15) is 9.59 Å². The summed E-state index contributed by atoms with van der Waals surface area (Å²) in [6, 6.07) is 0. The Balaban J connectivity index is 3.10. The molecule has 0 fully saturated rings. The number of carbonyl (C=O) groups excluding carboxylic acids is 1. The van der Waals surface area contributed by atoms with Crippen LogP contribution in [0.1, 0.15) is 10.4 Å². The molecule has 0 atom stereocenters. The number of H-pyrrole nitrogens is 1. The Bertz CT molecular complexity index is 321. The molecule has 11 heavy (non-hydrogen) atoms. The van der Waals surface area contributed by atoms with Gasteiger partial charge in [-0.3, -0.25) is 9.59 Å². The van der Waals surface area contributed by atoms with Gasteiger partial charge in [0.2, 0.25) is 0 Å². The van der Waals surface area contributed by atoms with Crippen molar-refractivity contribution in [1.29, 1.82) is 0 Å². The molecule has 1 heterocycles. The Hall–Kier alpha value is -1.58. The van der Waals surface area contributed by atoms with Crippen molar-refractivity contribution in [2.75, 3.05) is 0 Å². The Labute approximate surface area is 63.1 Å². The summed E-state index contributed by atoms with van der Waals surface area (Å²) < 4.78 is 1.30. The van der Waals surface area contributed by atoms with Crippen molar-refractivity contribution >= 4 is 6.29 Å². The third-order valence-electron chi connectivity index (χ3n) is 1.31. The first kappa shape index (κ1) is 7.53. The first-order valence-electron chi connectivity index (χ1n) is 3.14. The second-order valence-electron chi connectivity index (χ2n) is 2.05. The summed E-state index contributed by atoms with van der Waals surface area (Å²) in [5.41, 5.74) is -0.160. The molecule has 0 aliphatic heterocycles. The Morgan fingerprint density at radius 2 is 2.45 bits per heavy atom. The van der Waals surface area contributed by atoms with Gasteiger partial charge >= 0.3 is 0 Å². The molecule has 58 valence electrons. The lowest BCUT2D eigenvalue weighted by Crippen LogP contribution is -2.17. The maximum absolute atomic E-state index is 11.0. The maximum atomic E-state index is 11.0. The number of aromatic amines is 1. The van der Waals surface area contributed by atoms with Crippen LogP contribution in [0.15, 0.2) is 23.6 Å². The molecule has 0 bridgehead atoms. The van der Waals surface area contributed by atoms with Gasteiger partial charge in [0.15, 0.2) is 6.29 Å². The van der Waals surface area contributed by atoms with Gasteiger partial charge in [0.25, 0.3) is 5.56 Å². The smallest absolute Gasteiger partial charge is 0.277 e. The number of nitrogens with one attached hydrogen (secondary N) is 1. The second kappa shape index (κ2) is 3.01. The van der Waals surface area contributed by atoms with Crippen LogP contribution in [0.4, 0.5) is 0 Å².